The molecule has 1 amide bonds. The molecule has 0 bridgehead atoms. The van der Waals surface area contributed by atoms with Gasteiger partial charge >= 0.3 is 5.76 Å². The average Bonchev–Trinajstić information content (AvgIpc) is 3.27. The number of carbonyl (C=O) groups is 1. The van der Waals surface area contributed by atoms with Crippen LogP contribution in [0.3, 0.4) is 0 Å². The fourth-order valence-corrected chi connectivity index (χ4v) is 3.37. The summed E-state index contributed by atoms with van der Waals surface area (Å²) in [6.07, 6.45) is 3.34. The summed E-state index contributed by atoms with van der Waals surface area (Å²) in [5.41, 5.74) is 1.48. The number of carbonyl (C=O) groups excluding carboxylic acids is 1. The van der Waals surface area contributed by atoms with E-state index in [1.807, 2.05) is 0 Å². The lowest BCUT2D eigenvalue weighted by atomic mass is 10.1. The summed E-state index contributed by atoms with van der Waals surface area (Å²) in [5, 5.41) is 2.89. The number of rotatable bonds is 5. The Morgan fingerprint density at radius 1 is 1.21 bits per heavy atom. The highest BCUT2D eigenvalue weighted by atomic mass is 19.1. The van der Waals surface area contributed by atoms with Crippen molar-refractivity contribution in [3.8, 4) is 0 Å². The number of fused-ring (bicyclic) bond motifs is 1. The standard InChI is InChI=1S/C21H19FN4O3/c1-13(26-16-8-3-4-9-17(16)29-21(26)28)20(27)24-18(19-23-10-11-25(19)2)14-6-5-7-15(22)12-14/h3-13,18H,1-2H3,(H,24,27). The van der Waals surface area contributed by atoms with Crippen molar-refractivity contribution in [1.29, 1.82) is 0 Å². The molecule has 29 heavy (non-hydrogen) atoms. The minimum atomic E-state index is -0.845. The van der Waals surface area contributed by atoms with Gasteiger partial charge < -0.3 is 14.3 Å². The molecule has 2 atom stereocenters. The molecule has 1 N–H and O–H groups in total. The van der Waals surface area contributed by atoms with E-state index in [0.717, 1.165) is 0 Å². The van der Waals surface area contributed by atoms with Gasteiger partial charge in [-0.3, -0.25) is 9.36 Å². The van der Waals surface area contributed by atoms with Crippen molar-refractivity contribution in [2.75, 3.05) is 0 Å². The van der Waals surface area contributed by atoms with Gasteiger partial charge in [0.25, 0.3) is 0 Å². The first kappa shape index (κ1) is 18.7. The third kappa shape index (κ3) is 3.44. The van der Waals surface area contributed by atoms with E-state index in [-0.39, 0.29) is 0 Å². The largest absolute Gasteiger partial charge is 0.420 e. The number of nitrogens with one attached hydrogen (secondary N) is 1. The third-order valence-electron chi connectivity index (χ3n) is 4.87. The van der Waals surface area contributed by atoms with Crippen molar-refractivity contribution in [2.24, 2.45) is 7.05 Å². The van der Waals surface area contributed by atoms with Gasteiger partial charge in [0, 0.05) is 19.4 Å². The SMILES string of the molecule is CC(C(=O)NC(c1cccc(F)c1)c1nccn1C)n1c(=O)oc2ccccc21. The number of halogens is 1. The first-order valence-corrected chi connectivity index (χ1v) is 9.09. The molecule has 0 aliphatic rings. The van der Waals surface area contributed by atoms with Crippen molar-refractivity contribution >= 4 is 17.0 Å². The molecule has 4 rings (SSSR count). The third-order valence-corrected chi connectivity index (χ3v) is 4.87. The van der Waals surface area contributed by atoms with Crippen LogP contribution in [0.5, 0.6) is 0 Å². The van der Waals surface area contributed by atoms with Crippen LogP contribution in [-0.2, 0) is 11.8 Å². The van der Waals surface area contributed by atoms with Crippen LogP contribution >= 0.6 is 0 Å². The normalized spacial score (nSPS) is 13.3. The zero-order valence-corrected chi connectivity index (χ0v) is 15.9. The molecule has 0 aliphatic heterocycles. The maximum atomic E-state index is 13.8. The van der Waals surface area contributed by atoms with Crippen molar-refractivity contribution in [3.05, 3.63) is 88.7 Å². The maximum Gasteiger partial charge on any atom is 0.420 e. The van der Waals surface area contributed by atoms with Crippen LogP contribution in [0.1, 0.15) is 30.4 Å². The second kappa shape index (κ2) is 7.38. The molecule has 0 saturated heterocycles. The molecule has 148 valence electrons. The zero-order chi connectivity index (χ0) is 20.5. The molecule has 2 unspecified atom stereocenters. The minimum absolute atomic E-state index is 0.405. The molecule has 0 radical (unpaired) electrons. The summed E-state index contributed by atoms with van der Waals surface area (Å²) >= 11 is 0. The summed E-state index contributed by atoms with van der Waals surface area (Å²) in [5.74, 6) is -0.911. The minimum Gasteiger partial charge on any atom is -0.408 e. The van der Waals surface area contributed by atoms with Crippen molar-refractivity contribution in [1.82, 2.24) is 19.4 Å². The second-order valence-electron chi connectivity index (χ2n) is 6.77. The van der Waals surface area contributed by atoms with Crippen LogP contribution in [0, 0.1) is 5.82 Å². The van der Waals surface area contributed by atoms with Gasteiger partial charge in [0.1, 0.15) is 23.7 Å². The Hall–Kier alpha value is -3.68. The van der Waals surface area contributed by atoms with Gasteiger partial charge in [-0.15, -0.1) is 0 Å². The average molecular weight is 394 g/mol. The van der Waals surface area contributed by atoms with Crippen molar-refractivity contribution in [2.45, 2.75) is 19.0 Å². The van der Waals surface area contributed by atoms with E-state index in [2.05, 4.69) is 10.3 Å². The Bertz CT molecular complexity index is 1240. The van der Waals surface area contributed by atoms with E-state index in [9.17, 15) is 14.0 Å². The first-order valence-electron chi connectivity index (χ1n) is 9.09. The summed E-state index contributed by atoms with van der Waals surface area (Å²) < 4.78 is 22.1. The number of imidazole rings is 1. The van der Waals surface area contributed by atoms with Gasteiger partial charge in [-0.25, -0.2) is 14.2 Å². The van der Waals surface area contributed by atoms with Gasteiger partial charge in [-0.1, -0.05) is 24.3 Å². The smallest absolute Gasteiger partial charge is 0.408 e. The van der Waals surface area contributed by atoms with Crippen LogP contribution in [-0.4, -0.2) is 20.0 Å². The summed E-state index contributed by atoms with van der Waals surface area (Å²) in [7, 11) is 1.79. The summed E-state index contributed by atoms with van der Waals surface area (Å²) in [6, 6.07) is 11.3. The lowest BCUT2D eigenvalue weighted by Gasteiger charge is -2.22. The Morgan fingerprint density at radius 3 is 2.72 bits per heavy atom. The summed E-state index contributed by atoms with van der Waals surface area (Å²) in [6.45, 7) is 1.61. The topological polar surface area (TPSA) is 82.1 Å². The van der Waals surface area contributed by atoms with E-state index in [1.54, 1.807) is 67.3 Å². The molecular weight excluding hydrogens is 375 g/mol. The molecular formula is C21H19FN4O3. The Labute approximate surface area is 165 Å². The van der Waals surface area contributed by atoms with E-state index in [4.69, 9.17) is 4.42 Å². The van der Waals surface area contributed by atoms with E-state index in [1.165, 1.54) is 16.7 Å². The van der Waals surface area contributed by atoms with Gasteiger partial charge in [0.2, 0.25) is 5.91 Å². The lowest BCUT2D eigenvalue weighted by Crippen LogP contribution is -2.38. The lowest BCUT2D eigenvalue weighted by molar-refractivity contribution is -0.124. The number of amides is 1. The summed E-state index contributed by atoms with van der Waals surface area (Å²) in [4.78, 5) is 29.7. The van der Waals surface area contributed by atoms with Crippen LogP contribution in [0.2, 0.25) is 0 Å². The predicted molar refractivity (Wildman–Crippen MR) is 105 cm³/mol. The van der Waals surface area contributed by atoms with Gasteiger partial charge in [-0.2, -0.15) is 0 Å². The Kier molecular flexibility index (Phi) is 4.75. The number of aromatic nitrogens is 3. The predicted octanol–water partition coefficient (Wildman–Crippen LogP) is 2.93. The molecule has 0 spiro atoms. The number of aryl methyl sites for hydroxylation is 1. The van der Waals surface area contributed by atoms with Crippen LogP contribution in [0.15, 0.2) is 70.1 Å². The van der Waals surface area contributed by atoms with E-state index in [0.29, 0.717) is 22.5 Å². The van der Waals surface area contributed by atoms with Crippen LogP contribution < -0.4 is 11.1 Å². The molecule has 8 heteroatoms. The molecule has 0 fully saturated rings. The van der Waals surface area contributed by atoms with E-state index < -0.39 is 29.6 Å². The molecule has 2 aromatic carbocycles. The molecule has 0 aliphatic carbocycles. The fourth-order valence-electron chi connectivity index (χ4n) is 3.37. The van der Waals surface area contributed by atoms with Crippen molar-refractivity contribution < 1.29 is 13.6 Å². The monoisotopic (exact) mass is 394 g/mol. The number of nitrogens with zero attached hydrogens (tertiary/aromatic N) is 3. The molecule has 2 aromatic heterocycles. The number of oxazole rings is 1. The zero-order valence-electron chi connectivity index (χ0n) is 15.9. The Balaban J connectivity index is 1.70. The quantitative estimate of drug-likeness (QED) is 0.564. The number of hydrogen-bond donors (Lipinski definition) is 1. The molecule has 2 heterocycles. The highest BCUT2D eigenvalue weighted by molar-refractivity contribution is 5.83. The van der Waals surface area contributed by atoms with Gasteiger partial charge in [-0.05, 0) is 36.8 Å². The Morgan fingerprint density at radius 2 is 2.00 bits per heavy atom. The second-order valence-corrected chi connectivity index (χ2v) is 6.77. The maximum absolute atomic E-state index is 13.8. The highest BCUT2D eigenvalue weighted by Crippen LogP contribution is 2.23. The van der Waals surface area contributed by atoms with Gasteiger partial charge in [0.15, 0.2) is 5.58 Å². The molecule has 4 aromatic rings. The molecule has 0 saturated carbocycles. The molecule has 7 nitrogen and oxygen atoms in total. The van der Waals surface area contributed by atoms with Crippen LogP contribution in [0.25, 0.3) is 11.1 Å². The first-order chi connectivity index (χ1) is 14.0. The van der Waals surface area contributed by atoms with Crippen molar-refractivity contribution in [3.63, 3.8) is 0 Å². The van der Waals surface area contributed by atoms with E-state index >= 15 is 0 Å². The number of benzene rings is 2. The van der Waals surface area contributed by atoms with Crippen LogP contribution in [0.4, 0.5) is 4.39 Å². The fraction of sp³-hybridized carbons (Fsp3) is 0.190. The number of hydrogen-bond acceptors (Lipinski definition) is 4. The highest BCUT2D eigenvalue weighted by Gasteiger charge is 2.27. The van der Waals surface area contributed by atoms with Gasteiger partial charge in [0.05, 0.1) is 5.52 Å². The number of para-hydroxylation sites is 2.